The molecule has 4 aromatic carbocycles. The fourth-order valence-corrected chi connectivity index (χ4v) is 5.73. The van der Waals surface area contributed by atoms with E-state index < -0.39 is 5.82 Å². The highest BCUT2D eigenvalue weighted by molar-refractivity contribution is 6.07. The summed E-state index contributed by atoms with van der Waals surface area (Å²) in [6.07, 6.45) is 1.70. The van der Waals surface area contributed by atoms with Gasteiger partial charge in [-0.15, -0.1) is 0 Å². The van der Waals surface area contributed by atoms with Crippen molar-refractivity contribution >= 4 is 17.5 Å². The van der Waals surface area contributed by atoms with Gasteiger partial charge in [0.25, 0.3) is 5.91 Å². The molecule has 1 heterocycles. The minimum absolute atomic E-state index is 0.0536. The summed E-state index contributed by atoms with van der Waals surface area (Å²) in [6, 6.07) is 27.9. The summed E-state index contributed by atoms with van der Waals surface area (Å²) >= 11 is 0. The molecule has 0 unspecified atom stereocenters. The molecule has 0 saturated carbocycles. The van der Waals surface area contributed by atoms with Gasteiger partial charge in [0.2, 0.25) is 5.91 Å². The van der Waals surface area contributed by atoms with Crippen molar-refractivity contribution in [2.75, 3.05) is 31.1 Å². The van der Waals surface area contributed by atoms with Crippen molar-refractivity contribution in [1.29, 1.82) is 0 Å². The van der Waals surface area contributed by atoms with Crippen LogP contribution in [0.15, 0.2) is 97.1 Å². The zero-order valence-electron chi connectivity index (χ0n) is 24.5. The number of amides is 2. The maximum Gasteiger partial charge on any atom is 0.258 e. The molecule has 0 fully saturated rings. The van der Waals surface area contributed by atoms with E-state index in [-0.39, 0.29) is 24.1 Å². The van der Waals surface area contributed by atoms with Gasteiger partial charge in [0.05, 0.1) is 12.1 Å². The van der Waals surface area contributed by atoms with E-state index in [1.54, 1.807) is 17.0 Å². The molecule has 2 amide bonds. The number of carbonyl (C=O) groups is 2. The number of hydrogen-bond acceptors (Lipinski definition) is 3. The van der Waals surface area contributed by atoms with Crippen LogP contribution in [0.2, 0.25) is 0 Å². The van der Waals surface area contributed by atoms with Crippen LogP contribution in [0.1, 0.15) is 45.5 Å². The Morgan fingerprint density at radius 1 is 0.698 bits per heavy atom. The molecule has 0 aliphatic carbocycles. The van der Waals surface area contributed by atoms with E-state index in [1.165, 1.54) is 42.0 Å². The highest BCUT2D eigenvalue weighted by Crippen LogP contribution is 2.29. The van der Waals surface area contributed by atoms with E-state index in [9.17, 15) is 18.4 Å². The summed E-state index contributed by atoms with van der Waals surface area (Å²) in [6.45, 7) is 5.67. The third kappa shape index (κ3) is 7.93. The standard InChI is InChI=1S/C36H37F2N3O2/c1-27-8-5-11-31-26-40(34(42)24-28-12-16-32(37)17-13-28)22-6-20-39(25-29-9-3-2-4-10-29)21-7-23-41(35(27)31)36(43)30-14-18-33(38)19-15-30/h2-5,8-19H,6-7,20-26H2,1H3. The molecule has 1 aliphatic heterocycles. The van der Waals surface area contributed by atoms with Gasteiger partial charge in [0.15, 0.2) is 0 Å². The first-order chi connectivity index (χ1) is 20.9. The number of para-hydroxylation sites is 1. The summed E-state index contributed by atoms with van der Waals surface area (Å²) in [4.78, 5) is 33.7. The molecule has 0 N–H and O–H groups in total. The number of anilines is 1. The zero-order valence-corrected chi connectivity index (χ0v) is 24.5. The summed E-state index contributed by atoms with van der Waals surface area (Å²) in [5.41, 5.74) is 4.96. The Balaban J connectivity index is 1.49. The first-order valence-electron chi connectivity index (χ1n) is 14.8. The van der Waals surface area contributed by atoms with Crippen LogP contribution in [0.5, 0.6) is 0 Å². The van der Waals surface area contributed by atoms with Gasteiger partial charge < -0.3 is 9.80 Å². The van der Waals surface area contributed by atoms with Gasteiger partial charge in [-0.3, -0.25) is 14.5 Å². The summed E-state index contributed by atoms with van der Waals surface area (Å²) in [5.74, 6) is -0.987. The molecule has 222 valence electrons. The predicted octanol–water partition coefficient (Wildman–Crippen LogP) is 6.79. The highest BCUT2D eigenvalue weighted by atomic mass is 19.1. The summed E-state index contributed by atoms with van der Waals surface area (Å²) < 4.78 is 27.2. The zero-order chi connectivity index (χ0) is 30.2. The van der Waals surface area contributed by atoms with E-state index >= 15 is 0 Å². The number of hydrogen-bond donors (Lipinski definition) is 0. The second-order valence-electron chi connectivity index (χ2n) is 11.1. The molecule has 7 heteroatoms. The van der Waals surface area contributed by atoms with Gasteiger partial charge >= 0.3 is 0 Å². The quantitative estimate of drug-likeness (QED) is 0.261. The molecule has 0 atom stereocenters. The molecule has 1 aliphatic rings. The Morgan fingerprint density at radius 2 is 1.35 bits per heavy atom. The molecular formula is C36H37F2N3O2. The van der Waals surface area contributed by atoms with Crippen molar-refractivity contribution in [3.63, 3.8) is 0 Å². The first kappa shape index (κ1) is 30.1. The molecule has 0 spiro atoms. The smallest absolute Gasteiger partial charge is 0.258 e. The predicted molar refractivity (Wildman–Crippen MR) is 166 cm³/mol. The van der Waals surface area contributed by atoms with Crippen molar-refractivity contribution in [3.8, 4) is 0 Å². The van der Waals surface area contributed by atoms with Gasteiger partial charge in [-0.1, -0.05) is 60.7 Å². The normalized spacial score (nSPS) is 14.9. The monoisotopic (exact) mass is 581 g/mol. The third-order valence-electron chi connectivity index (χ3n) is 7.92. The van der Waals surface area contributed by atoms with Crippen molar-refractivity contribution in [3.05, 3.63) is 137 Å². The van der Waals surface area contributed by atoms with Crippen molar-refractivity contribution in [2.45, 2.75) is 39.3 Å². The van der Waals surface area contributed by atoms with Crippen LogP contribution in [-0.2, 0) is 24.3 Å². The topological polar surface area (TPSA) is 43.9 Å². The molecule has 0 saturated heterocycles. The second-order valence-corrected chi connectivity index (χ2v) is 11.1. The van der Waals surface area contributed by atoms with Crippen LogP contribution in [0.3, 0.4) is 0 Å². The number of benzene rings is 4. The van der Waals surface area contributed by atoms with Gasteiger partial charge in [-0.25, -0.2) is 8.78 Å². The van der Waals surface area contributed by atoms with Gasteiger partial charge in [-0.2, -0.15) is 0 Å². The molecular weight excluding hydrogens is 544 g/mol. The van der Waals surface area contributed by atoms with Crippen LogP contribution < -0.4 is 4.90 Å². The second kappa shape index (κ2) is 14.2. The Kier molecular flexibility index (Phi) is 9.95. The SMILES string of the molecule is Cc1cccc2c1N(C(=O)c1ccc(F)cc1)CCCN(Cc1ccccc1)CCCN(C(=O)Cc1ccc(F)cc1)C2. The number of halogens is 2. The van der Waals surface area contributed by atoms with Gasteiger partial charge in [0.1, 0.15) is 11.6 Å². The summed E-state index contributed by atoms with van der Waals surface area (Å²) in [5, 5.41) is 0. The van der Waals surface area contributed by atoms with Crippen LogP contribution in [0.4, 0.5) is 14.5 Å². The lowest BCUT2D eigenvalue weighted by Gasteiger charge is -2.33. The number of aryl methyl sites for hydroxylation is 1. The molecule has 5 nitrogen and oxygen atoms in total. The molecule has 5 rings (SSSR count). The number of rotatable bonds is 5. The van der Waals surface area contributed by atoms with E-state index in [1.807, 2.05) is 48.2 Å². The van der Waals surface area contributed by atoms with E-state index in [4.69, 9.17) is 0 Å². The van der Waals surface area contributed by atoms with Crippen molar-refractivity contribution < 1.29 is 18.4 Å². The Morgan fingerprint density at radius 3 is 2.05 bits per heavy atom. The number of fused-ring (bicyclic) bond motifs is 1. The maximum absolute atomic E-state index is 14.0. The third-order valence-corrected chi connectivity index (χ3v) is 7.92. The number of nitrogens with zero attached hydrogens (tertiary/aromatic N) is 3. The lowest BCUT2D eigenvalue weighted by molar-refractivity contribution is -0.131. The molecule has 0 radical (unpaired) electrons. The maximum atomic E-state index is 14.0. The van der Waals surface area contributed by atoms with E-state index in [0.717, 1.165) is 54.9 Å². The largest absolute Gasteiger partial charge is 0.338 e. The Bertz CT molecular complexity index is 1520. The van der Waals surface area contributed by atoms with Crippen molar-refractivity contribution in [1.82, 2.24) is 9.80 Å². The average Bonchev–Trinajstić information content (AvgIpc) is 3.00. The number of carbonyl (C=O) groups excluding carboxylic acids is 2. The first-order valence-corrected chi connectivity index (χ1v) is 14.8. The molecule has 43 heavy (non-hydrogen) atoms. The molecule has 0 bridgehead atoms. The lowest BCUT2D eigenvalue weighted by Crippen LogP contribution is -2.39. The Hall–Kier alpha value is -4.36. The lowest BCUT2D eigenvalue weighted by atomic mass is 10.0. The minimum atomic E-state index is -0.395. The van der Waals surface area contributed by atoms with E-state index in [0.29, 0.717) is 25.2 Å². The fraction of sp³-hybridized carbons (Fsp3) is 0.278. The van der Waals surface area contributed by atoms with Crippen LogP contribution in [0, 0.1) is 18.6 Å². The summed E-state index contributed by atoms with van der Waals surface area (Å²) in [7, 11) is 0. The van der Waals surface area contributed by atoms with Gasteiger partial charge in [-0.05, 0) is 78.4 Å². The van der Waals surface area contributed by atoms with Crippen molar-refractivity contribution in [2.24, 2.45) is 0 Å². The minimum Gasteiger partial charge on any atom is -0.338 e. The van der Waals surface area contributed by atoms with E-state index in [2.05, 4.69) is 17.0 Å². The van der Waals surface area contributed by atoms with Gasteiger partial charge in [0, 0.05) is 44.8 Å². The van der Waals surface area contributed by atoms with Crippen LogP contribution in [-0.4, -0.2) is 47.8 Å². The van der Waals surface area contributed by atoms with Crippen LogP contribution in [0.25, 0.3) is 0 Å². The molecule has 4 aromatic rings. The highest BCUT2D eigenvalue weighted by Gasteiger charge is 2.25. The fourth-order valence-electron chi connectivity index (χ4n) is 5.73. The molecule has 0 aromatic heterocycles. The van der Waals surface area contributed by atoms with Crippen LogP contribution >= 0.6 is 0 Å². The average molecular weight is 582 g/mol. The Labute approximate surface area is 252 Å².